The van der Waals surface area contributed by atoms with Crippen molar-refractivity contribution in [1.29, 1.82) is 0 Å². The van der Waals surface area contributed by atoms with Crippen LogP contribution in [0.25, 0.3) is 0 Å². The van der Waals surface area contributed by atoms with Crippen molar-refractivity contribution in [3.05, 3.63) is 0 Å². The Labute approximate surface area is 111 Å². The third kappa shape index (κ3) is 4.04. The molecule has 2 saturated heterocycles. The van der Waals surface area contributed by atoms with Gasteiger partial charge in [0.05, 0.1) is 0 Å². The smallest absolute Gasteiger partial charge is 0.131 e. The van der Waals surface area contributed by atoms with Crippen molar-refractivity contribution in [2.24, 2.45) is 0 Å². The highest BCUT2D eigenvalue weighted by molar-refractivity contribution is 5.75. The number of Topliss-reactive ketones (excluding diaryl/α,β-unsaturated/α-hetero) is 1. The first-order valence-electron chi connectivity index (χ1n) is 7.29. The Kier molecular flexibility index (Phi) is 5.15. The second-order valence-electron chi connectivity index (χ2n) is 5.86. The summed E-state index contributed by atoms with van der Waals surface area (Å²) in [4.78, 5) is 18.5. The van der Waals surface area contributed by atoms with E-state index in [0.29, 0.717) is 5.78 Å². The minimum atomic E-state index is 0.316. The van der Waals surface area contributed by atoms with E-state index in [1.807, 2.05) is 0 Å². The number of hydrogen-bond acceptors (Lipinski definition) is 4. The van der Waals surface area contributed by atoms with E-state index in [1.165, 1.54) is 52.1 Å². The molecule has 0 radical (unpaired) electrons. The summed E-state index contributed by atoms with van der Waals surface area (Å²) in [7, 11) is 2.21. The van der Waals surface area contributed by atoms with E-state index in [2.05, 4.69) is 21.7 Å². The lowest BCUT2D eigenvalue weighted by atomic mass is 10.0. The van der Waals surface area contributed by atoms with Gasteiger partial charge in [0.15, 0.2) is 0 Å². The Balaban J connectivity index is 1.68. The zero-order chi connectivity index (χ0) is 13.0. The van der Waals surface area contributed by atoms with Crippen molar-refractivity contribution >= 4 is 5.78 Å². The van der Waals surface area contributed by atoms with Crippen molar-refractivity contribution in [3.63, 3.8) is 0 Å². The SMILES string of the molecule is CC(=O)CCN1CCC(N2CCN(C)CC2)CC1. The summed E-state index contributed by atoms with van der Waals surface area (Å²) in [6, 6.07) is 0.785. The van der Waals surface area contributed by atoms with Crippen LogP contribution < -0.4 is 0 Å². The molecule has 0 aliphatic carbocycles. The Morgan fingerprint density at radius 3 is 2.22 bits per heavy atom. The van der Waals surface area contributed by atoms with Gasteiger partial charge in [0.1, 0.15) is 5.78 Å². The predicted molar refractivity (Wildman–Crippen MR) is 73.8 cm³/mol. The van der Waals surface area contributed by atoms with Crippen LogP contribution >= 0.6 is 0 Å². The molecule has 4 heteroatoms. The number of piperidine rings is 1. The van der Waals surface area contributed by atoms with Crippen LogP contribution in [0.4, 0.5) is 0 Å². The Morgan fingerprint density at radius 1 is 1.06 bits per heavy atom. The van der Waals surface area contributed by atoms with Crippen LogP contribution in [0, 0.1) is 0 Å². The maximum atomic E-state index is 11.0. The molecule has 2 aliphatic heterocycles. The zero-order valence-electron chi connectivity index (χ0n) is 11.9. The minimum absolute atomic E-state index is 0.316. The van der Waals surface area contributed by atoms with E-state index in [0.717, 1.165) is 19.0 Å². The maximum absolute atomic E-state index is 11.0. The molecule has 0 N–H and O–H groups in total. The molecule has 0 spiro atoms. The van der Waals surface area contributed by atoms with Crippen LogP contribution in [0.1, 0.15) is 26.2 Å². The molecular weight excluding hydrogens is 226 g/mol. The van der Waals surface area contributed by atoms with Gasteiger partial charge in [0, 0.05) is 45.2 Å². The molecule has 0 aromatic heterocycles. The van der Waals surface area contributed by atoms with E-state index in [1.54, 1.807) is 6.92 Å². The first-order chi connectivity index (χ1) is 8.65. The summed E-state index contributed by atoms with van der Waals surface area (Å²) in [5, 5.41) is 0. The Bertz CT molecular complexity index is 266. The summed E-state index contributed by atoms with van der Waals surface area (Å²) < 4.78 is 0. The summed E-state index contributed by atoms with van der Waals surface area (Å²) in [6.07, 6.45) is 3.28. The summed E-state index contributed by atoms with van der Waals surface area (Å²) in [5.41, 5.74) is 0. The highest BCUT2D eigenvalue weighted by Crippen LogP contribution is 2.18. The maximum Gasteiger partial charge on any atom is 0.131 e. The van der Waals surface area contributed by atoms with Crippen LogP contribution in [0.15, 0.2) is 0 Å². The topological polar surface area (TPSA) is 26.8 Å². The molecule has 104 valence electrons. The lowest BCUT2D eigenvalue weighted by Crippen LogP contribution is -2.52. The minimum Gasteiger partial charge on any atom is -0.304 e. The quantitative estimate of drug-likeness (QED) is 0.736. The number of hydrogen-bond donors (Lipinski definition) is 0. The number of rotatable bonds is 4. The highest BCUT2D eigenvalue weighted by Gasteiger charge is 2.26. The number of likely N-dealkylation sites (N-methyl/N-ethyl adjacent to an activating group) is 1. The van der Waals surface area contributed by atoms with E-state index in [-0.39, 0.29) is 0 Å². The van der Waals surface area contributed by atoms with Crippen molar-refractivity contribution in [1.82, 2.24) is 14.7 Å². The zero-order valence-corrected chi connectivity index (χ0v) is 11.9. The van der Waals surface area contributed by atoms with Crippen molar-refractivity contribution < 1.29 is 4.79 Å². The fourth-order valence-corrected chi connectivity index (χ4v) is 3.01. The number of piperazine rings is 1. The van der Waals surface area contributed by atoms with Gasteiger partial charge >= 0.3 is 0 Å². The highest BCUT2D eigenvalue weighted by atomic mass is 16.1. The van der Waals surface area contributed by atoms with Gasteiger partial charge in [0.2, 0.25) is 0 Å². The van der Waals surface area contributed by atoms with Gasteiger partial charge in [-0.15, -0.1) is 0 Å². The number of likely N-dealkylation sites (tertiary alicyclic amines) is 1. The molecule has 4 nitrogen and oxygen atoms in total. The third-order valence-electron chi connectivity index (χ3n) is 4.39. The molecule has 0 unspecified atom stereocenters. The predicted octanol–water partition coefficient (Wildman–Crippen LogP) is 0.677. The average molecular weight is 253 g/mol. The van der Waals surface area contributed by atoms with E-state index in [9.17, 15) is 4.79 Å². The lowest BCUT2D eigenvalue weighted by molar-refractivity contribution is -0.117. The van der Waals surface area contributed by atoms with Crippen molar-refractivity contribution in [2.45, 2.75) is 32.2 Å². The molecular formula is C14H27N3O. The first-order valence-corrected chi connectivity index (χ1v) is 7.29. The molecule has 2 fully saturated rings. The van der Waals surface area contributed by atoms with Gasteiger partial charge < -0.3 is 9.80 Å². The second kappa shape index (κ2) is 6.64. The largest absolute Gasteiger partial charge is 0.304 e. The molecule has 0 atom stereocenters. The molecule has 0 aromatic carbocycles. The van der Waals surface area contributed by atoms with Crippen molar-refractivity contribution in [2.75, 3.05) is 52.9 Å². The Hall–Kier alpha value is -0.450. The van der Waals surface area contributed by atoms with E-state index >= 15 is 0 Å². The Morgan fingerprint density at radius 2 is 1.67 bits per heavy atom. The second-order valence-corrected chi connectivity index (χ2v) is 5.86. The van der Waals surface area contributed by atoms with Crippen LogP contribution in [0.2, 0.25) is 0 Å². The van der Waals surface area contributed by atoms with Gasteiger partial charge in [-0.05, 0) is 39.9 Å². The van der Waals surface area contributed by atoms with Crippen molar-refractivity contribution in [3.8, 4) is 0 Å². The lowest BCUT2D eigenvalue weighted by Gasteiger charge is -2.42. The first kappa shape index (κ1) is 14.0. The van der Waals surface area contributed by atoms with Crippen LogP contribution in [-0.2, 0) is 4.79 Å². The molecule has 0 amide bonds. The molecule has 0 bridgehead atoms. The van der Waals surface area contributed by atoms with Crippen LogP contribution in [0.5, 0.6) is 0 Å². The summed E-state index contributed by atoms with van der Waals surface area (Å²) >= 11 is 0. The summed E-state index contributed by atoms with van der Waals surface area (Å²) in [5.74, 6) is 0.316. The van der Waals surface area contributed by atoms with Gasteiger partial charge in [-0.3, -0.25) is 9.69 Å². The van der Waals surface area contributed by atoms with Crippen LogP contribution in [0.3, 0.4) is 0 Å². The molecule has 2 heterocycles. The fourth-order valence-electron chi connectivity index (χ4n) is 3.01. The van der Waals surface area contributed by atoms with Gasteiger partial charge in [0.25, 0.3) is 0 Å². The number of nitrogens with zero attached hydrogens (tertiary/aromatic N) is 3. The van der Waals surface area contributed by atoms with E-state index in [4.69, 9.17) is 0 Å². The van der Waals surface area contributed by atoms with Crippen LogP contribution in [-0.4, -0.2) is 79.4 Å². The van der Waals surface area contributed by atoms with Gasteiger partial charge in [-0.25, -0.2) is 0 Å². The molecule has 0 aromatic rings. The number of ketones is 1. The fraction of sp³-hybridized carbons (Fsp3) is 0.929. The molecule has 2 rings (SSSR count). The number of carbonyl (C=O) groups excluding carboxylic acids is 1. The standard InChI is InChI=1S/C14H27N3O/c1-13(18)3-6-16-7-4-14(5-8-16)17-11-9-15(2)10-12-17/h14H,3-12H2,1-2H3. The molecule has 18 heavy (non-hydrogen) atoms. The average Bonchev–Trinajstić information content (AvgIpc) is 2.38. The monoisotopic (exact) mass is 253 g/mol. The molecule has 0 saturated carbocycles. The normalized spacial score (nSPS) is 25.4. The summed E-state index contributed by atoms with van der Waals surface area (Å²) in [6.45, 7) is 9.88. The van der Waals surface area contributed by atoms with Gasteiger partial charge in [-0.1, -0.05) is 0 Å². The number of carbonyl (C=O) groups is 1. The third-order valence-corrected chi connectivity index (χ3v) is 4.39. The van der Waals surface area contributed by atoms with E-state index < -0.39 is 0 Å². The molecule has 2 aliphatic rings. The van der Waals surface area contributed by atoms with Gasteiger partial charge in [-0.2, -0.15) is 0 Å².